The first kappa shape index (κ1) is 16.0. The number of hydrogen-bond donors (Lipinski definition) is 2. The standard InChI is InChI=1S/C18H28N2O/c1-13(18(2,3)15-9-5-4-6-10-15)20-17(21)16-11-7-8-14(16)12-19/h4-6,9-10,13-14,16H,7-8,11-12,19H2,1-3H3,(H,20,21)/t13?,14-,16-/m1/s1. The monoisotopic (exact) mass is 288 g/mol. The van der Waals surface area contributed by atoms with E-state index < -0.39 is 0 Å². The fraction of sp³-hybridized carbons (Fsp3) is 0.611. The molecular weight excluding hydrogens is 260 g/mol. The van der Waals surface area contributed by atoms with E-state index in [-0.39, 0.29) is 23.3 Å². The zero-order valence-electron chi connectivity index (χ0n) is 13.4. The molecule has 3 N–H and O–H groups in total. The Hall–Kier alpha value is -1.35. The van der Waals surface area contributed by atoms with Crippen molar-refractivity contribution in [2.75, 3.05) is 6.54 Å². The van der Waals surface area contributed by atoms with Crippen molar-refractivity contribution >= 4 is 5.91 Å². The maximum atomic E-state index is 12.5. The van der Waals surface area contributed by atoms with Gasteiger partial charge in [-0.3, -0.25) is 4.79 Å². The fourth-order valence-electron chi connectivity index (χ4n) is 3.28. The lowest BCUT2D eigenvalue weighted by Crippen LogP contribution is -2.48. The summed E-state index contributed by atoms with van der Waals surface area (Å²) in [6, 6.07) is 10.5. The van der Waals surface area contributed by atoms with Crippen LogP contribution in [0.15, 0.2) is 30.3 Å². The van der Waals surface area contributed by atoms with Gasteiger partial charge in [0.1, 0.15) is 0 Å². The Balaban J connectivity index is 2.03. The molecule has 1 fully saturated rings. The molecule has 116 valence electrons. The highest BCUT2D eigenvalue weighted by atomic mass is 16.2. The highest BCUT2D eigenvalue weighted by Crippen LogP contribution is 2.32. The van der Waals surface area contributed by atoms with Crippen molar-refractivity contribution in [3.05, 3.63) is 35.9 Å². The minimum atomic E-state index is -0.0895. The molecule has 0 spiro atoms. The van der Waals surface area contributed by atoms with Crippen LogP contribution in [0.25, 0.3) is 0 Å². The first-order chi connectivity index (χ1) is 9.96. The third-order valence-electron chi connectivity index (χ3n) is 5.26. The molecular formula is C18H28N2O. The zero-order valence-corrected chi connectivity index (χ0v) is 13.4. The average molecular weight is 288 g/mol. The molecule has 1 aromatic carbocycles. The number of nitrogens with two attached hydrogens (primary N) is 1. The summed E-state index contributed by atoms with van der Waals surface area (Å²) in [5.41, 5.74) is 6.95. The highest BCUT2D eigenvalue weighted by molar-refractivity contribution is 5.79. The SMILES string of the molecule is CC(NC(=O)[C@@H]1CCC[C@@H]1CN)C(C)(C)c1ccccc1. The van der Waals surface area contributed by atoms with Crippen LogP contribution in [0, 0.1) is 11.8 Å². The normalized spacial score (nSPS) is 23.8. The molecule has 2 rings (SSSR count). The molecule has 1 unspecified atom stereocenters. The van der Waals surface area contributed by atoms with Gasteiger partial charge in [0.25, 0.3) is 0 Å². The number of hydrogen-bond acceptors (Lipinski definition) is 2. The number of amides is 1. The molecule has 3 heteroatoms. The molecule has 1 aliphatic carbocycles. The number of carbonyl (C=O) groups is 1. The van der Waals surface area contributed by atoms with Gasteiger partial charge in [-0.15, -0.1) is 0 Å². The van der Waals surface area contributed by atoms with E-state index in [0.717, 1.165) is 19.3 Å². The second-order valence-electron chi connectivity index (χ2n) is 6.85. The van der Waals surface area contributed by atoms with Gasteiger partial charge in [0.05, 0.1) is 0 Å². The lowest BCUT2D eigenvalue weighted by Gasteiger charge is -2.34. The number of nitrogens with one attached hydrogen (secondary N) is 1. The molecule has 0 radical (unpaired) electrons. The topological polar surface area (TPSA) is 55.1 Å². The van der Waals surface area contributed by atoms with Gasteiger partial charge in [0.2, 0.25) is 5.91 Å². The molecule has 1 saturated carbocycles. The van der Waals surface area contributed by atoms with Crippen molar-refractivity contribution in [1.82, 2.24) is 5.32 Å². The summed E-state index contributed by atoms with van der Waals surface area (Å²) in [6.45, 7) is 7.08. The van der Waals surface area contributed by atoms with Crippen molar-refractivity contribution in [2.24, 2.45) is 17.6 Å². The largest absolute Gasteiger partial charge is 0.353 e. The molecule has 1 aromatic rings. The second-order valence-corrected chi connectivity index (χ2v) is 6.85. The van der Waals surface area contributed by atoms with Crippen LogP contribution in [0.1, 0.15) is 45.6 Å². The third-order valence-corrected chi connectivity index (χ3v) is 5.26. The molecule has 0 aliphatic heterocycles. The Morgan fingerprint density at radius 3 is 2.62 bits per heavy atom. The van der Waals surface area contributed by atoms with E-state index in [1.54, 1.807) is 0 Å². The minimum absolute atomic E-state index is 0.0893. The van der Waals surface area contributed by atoms with Crippen LogP contribution in [-0.4, -0.2) is 18.5 Å². The van der Waals surface area contributed by atoms with E-state index in [2.05, 4.69) is 38.2 Å². The van der Waals surface area contributed by atoms with Gasteiger partial charge in [0.15, 0.2) is 0 Å². The summed E-state index contributed by atoms with van der Waals surface area (Å²) in [5.74, 6) is 0.639. The van der Waals surface area contributed by atoms with Gasteiger partial charge >= 0.3 is 0 Å². The molecule has 3 atom stereocenters. The number of benzene rings is 1. The van der Waals surface area contributed by atoms with Gasteiger partial charge in [-0.25, -0.2) is 0 Å². The minimum Gasteiger partial charge on any atom is -0.353 e. The number of carbonyl (C=O) groups excluding carboxylic acids is 1. The fourth-order valence-corrected chi connectivity index (χ4v) is 3.28. The van der Waals surface area contributed by atoms with Crippen LogP contribution < -0.4 is 11.1 Å². The van der Waals surface area contributed by atoms with E-state index in [4.69, 9.17) is 5.73 Å². The molecule has 1 amide bonds. The van der Waals surface area contributed by atoms with E-state index in [9.17, 15) is 4.79 Å². The average Bonchev–Trinajstić information content (AvgIpc) is 2.96. The Kier molecular flexibility index (Phi) is 5.04. The Labute approximate surface area is 128 Å². The van der Waals surface area contributed by atoms with Gasteiger partial charge in [-0.1, -0.05) is 50.6 Å². The van der Waals surface area contributed by atoms with Crippen LogP contribution in [0.3, 0.4) is 0 Å². The van der Waals surface area contributed by atoms with Crippen molar-refractivity contribution in [1.29, 1.82) is 0 Å². The number of rotatable bonds is 5. The Morgan fingerprint density at radius 1 is 1.33 bits per heavy atom. The summed E-state index contributed by atoms with van der Waals surface area (Å²) in [7, 11) is 0. The lowest BCUT2D eigenvalue weighted by molar-refractivity contribution is -0.127. The van der Waals surface area contributed by atoms with E-state index in [0.29, 0.717) is 12.5 Å². The molecule has 21 heavy (non-hydrogen) atoms. The van der Waals surface area contributed by atoms with Crippen LogP contribution in [-0.2, 0) is 10.2 Å². The van der Waals surface area contributed by atoms with Crippen LogP contribution in [0.5, 0.6) is 0 Å². The van der Waals surface area contributed by atoms with Crippen LogP contribution >= 0.6 is 0 Å². The summed E-state index contributed by atoms with van der Waals surface area (Å²) < 4.78 is 0. The smallest absolute Gasteiger partial charge is 0.223 e. The predicted octanol–water partition coefficient (Wildman–Crippen LogP) is 2.84. The molecule has 0 heterocycles. The zero-order chi connectivity index (χ0) is 15.5. The van der Waals surface area contributed by atoms with Crippen molar-refractivity contribution in [2.45, 2.75) is 51.5 Å². The van der Waals surface area contributed by atoms with Crippen molar-refractivity contribution in [3.8, 4) is 0 Å². The highest BCUT2D eigenvalue weighted by Gasteiger charge is 2.35. The van der Waals surface area contributed by atoms with Gasteiger partial charge in [-0.2, -0.15) is 0 Å². The maximum absolute atomic E-state index is 12.5. The van der Waals surface area contributed by atoms with Gasteiger partial charge < -0.3 is 11.1 Å². The summed E-state index contributed by atoms with van der Waals surface area (Å²) in [5, 5.41) is 3.23. The van der Waals surface area contributed by atoms with E-state index in [1.807, 2.05) is 18.2 Å². The van der Waals surface area contributed by atoms with Crippen LogP contribution in [0.4, 0.5) is 0 Å². The second kappa shape index (κ2) is 6.61. The molecule has 0 saturated heterocycles. The molecule has 0 aromatic heterocycles. The Bertz CT molecular complexity index is 469. The maximum Gasteiger partial charge on any atom is 0.223 e. The first-order valence-electron chi connectivity index (χ1n) is 8.02. The van der Waals surface area contributed by atoms with E-state index >= 15 is 0 Å². The predicted molar refractivity (Wildman–Crippen MR) is 87.0 cm³/mol. The summed E-state index contributed by atoms with van der Waals surface area (Å²) in [6.07, 6.45) is 3.19. The molecule has 0 bridgehead atoms. The van der Waals surface area contributed by atoms with Gasteiger partial charge in [0, 0.05) is 17.4 Å². The van der Waals surface area contributed by atoms with Crippen LogP contribution in [0.2, 0.25) is 0 Å². The molecule has 3 nitrogen and oxygen atoms in total. The van der Waals surface area contributed by atoms with Gasteiger partial charge in [-0.05, 0) is 37.8 Å². The van der Waals surface area contributed by atoms with Crippen molar-refractivity contribution in [3.63, 3.8) is 0 Å². The quantitative estimate of drug-likeness (QED) is 0.875. The van der Waals surface area contributed by atoms with Crippen molar-refractivity contribution < 1.29 is 4.79 Å². The first-order valence-corrected chi connectivity index (χ1v) is 8.02. The molecule has 1 aliphatic rings. The lowest BCUT2D eigenvalue weighted by atomic mass is 9.78. The Morgan fingerprint density at radius 2 is 2.00 bits per heavy atom. The summed E-state index contributed by atoms with van der Waals surface area (Å²) in [4.78, 5) is 12.5. The summed E-state index contributed by atoms with van der Waals surface area (Å²) >= 11 is 0. The van der Waals surface area contributed by atoms with E-state index in [1.165, 1.54) is 5.56 Å². The third kappa shape index (κ3) is 3.46.